The molecule has 0 N–H and O–H groups in total. The predicted molar refractivity (Wildman–Crippen MR) is 179 cm³/mol. The summed E-state index contributed by atoms with van der Waals surface area (Å²) in [5.41, 5.74) is 7.95. The van der Waals surface area contributed by atoms with Crippen LogP contribution in [0.1, 0.15) is 32.0 Å². The molecule has 0 spiro atoms. The monoisotopic (exact) mass is 771 g/mol. The van der Waals surface area contributed by atoms with Crippen LogP contribution in [0.25, 0.3) is 33.4 Å². The predicted octanol–water partition coefficient (Wildman–Crippen LogP) is 7.50. The first-order valence-electron chi connectivity index (χ1n) is 14.6. The molecule has 1 radical (unpaired) electrons. The summed E-state index contributed by atoms with van der Waals surface area (Å²) in [5, 5.41) is 10.5. The van der Waals surface area contributed by atoms with E-state index in [9.17, 15) is 0 Å². The second kappa shape index (κ2) is 13.3. The van der Waals surface area contributed by atoms with Gasteiger partial charge in [-0.15, -0.1) is 71.0 Å². The maximum atomic E-state index is 4.82. The standard InChI is InChI=1S/C19H13N3.C18H23N4.Ir/c1-13-11-18(22-21-13)17-12-15-9-5-6-10-16(15)19(20-17)14-7-3-2-4-8-14;1-18(2,3)15-10-16(21-8-6-19(4)13-21)12-17(11-15)22-9-7-20(5)14-22;/h2-7,9-12H,1H3;6-11,13-14H,1-5H3;/q-2;-3;. The summed E-state index contributed by atoms with van der Waals surface area (Å²) in [5.74, 6) is 0. The molecular formula is C37H36IrN7-5. The topological polar surface area (TPSA) is 52.8 Å². The van der Waals surface area contributed by atoms with Crippen molar-refractivity contribution in [2.24, 2.45) is 0 Å². The second-order valence-electron chi connectivity index (χ2n) is 12.1. The van der Waals surface area contributed by atoms with E-state index in [1.165, 1.54) is 5.56 Å². The maximum absolute atomic E-state index is 4.82. The molecule has 45 heavy (non-hydrogen) atoms. The van der Waals surface area contributed by atoms with E-state index in [0.717, 1.165) is 50.5 Å². The third-order valence-corrected chi connectivity index (χ3v) is 7.43. The summed E-state index contributed by atoms with van der Waals surface area (Å²) in [6, 6.07) is 31.4. The minimum Gasteiger partial charge on any atom is -0.574 e. The molecule has 0 saturated heterocycles. The minimum absolute atomic E-state index is 0. The molecule has 7 nitrogen and oxygen atoms in total. The summed E-state index contributed by atoms with van der Waals surface area (Å²) < 4.78 is 0. The third-order valence-electron chi connectivity index (χ3n) is 7.43. The zero-order valence-corrected chi connectivity index (χ0v) is 28.8. The van der Waals surface area contributed by atoms with Crippen molar-refractivity contribution >= 4 is 22.1 Å². The number of pyridine rings is 1. The van der Waals surface area contributed by atoms with Gasteiger partial charge in [-0.1, -0.05) is 56.8 Å². The Morgan fingerprint density at radius 1 is 0.800 bits per heavy atom. The summed E-state index contributed by atoms with van der Waals surface area (Å²) in [7, 11) is 4.05. The van der Waals surface area contributed by atoms with E-state index in [1.807, 2.05) is 85.7 Å². The Bertz CT molecular complexity index is 1780. The quantitative estimate of drug-likeness (QED) is 0.176. The Morgan fingerprint density at radius 2 is 1.44 bits per heavy atom. The van der Waals surface area contributed by atoms with Crippen LogP contribution in [-0.4, -0.2) is 34.0 Å². The second-order valence-corrected chi connectivity index (χ2v) is 12.1. The zero-order chi connectivity index (χ0) is 30.8. The van der Waals surface area contributed by atoms with Crippen LogP contribution in [0.5, 0.6) is 0 Å². The van der Waals surface area contributed by atoms with Crippen molar-refractivity contribution in [2.75, 3.05) is 23.9 Å². The average molecular weight is 771 g/mol. The Balaban J connectivity index is 0.000000174. The Morgan fingerprint density at radius 3 is 1.98 bits per heavy atom. The maximum Gasteiger partial charge on any atom is 0.0393 e. The summed E-state index contributed by atoms with van der Waals surface area (Å²) in [6.07, 6.45) is 8.18. The number of anilines is 2. The molecule has 0 saturated carbocycles. The fourth-order valence-corrected chi connectivity index (χ4v) is 5.03. The van der Waals surface area contributed by atoms with E-state index >= 15 is 0 Å². The average Bonchev–Trinajstić information content (AvgIpc) is 3.78. The number of aryl methyl sites for hydroxylation is 1. The van der Waals surface area contributed by atoms with Crippen molar-refractivity contribution < 1.29 is 20.1 Å². The number of benzene rings is 3. The van der Waals surface area contributed by atoms with Gasteiger partial charge in [0.2, 0.25) is 0 Å². The van der Waals surface area contributed by atoms with E-state index in [0.29, 0.717) is 0 Å². The van der Waals surface area contributed by atoms with Crippen LogP contribution in [0.3, 0.4) is 0 Å². The van der Waals surface area contributed by atoms with E-state index in [2.05, 4.69) is 109 Å². The summed E-state index contributed by atoms with van der Waals surface area (Å²) in [6.45, 7) is 12.8. The fraction of sp³-hybridized carbons (Fsp3) is 0.189. The fourth-order valence-electron chi connectivity index (χ4n) is 5.03. The van der Waals surface area contributed by atoms with Gasteiger partial charge in [0.25, 0.3) is 0 Å². The first kappa shape index (κ1) is 32.0. The van der Waals surface area contributed by atoms with Crippen molar-refractivity contribution in [3.63, 3.8) is 0 Å². The van der Waals surface area contributed by atoms with Crippen molar-refractivity contribution in [3.05, 3.63) is 134 Å². The van der Waals surface area contributed by atoms with Gasteiger partial charge in [-0.25, -0.2) is 0 Å². The Kier molecular flexibility index (Phi) is 9.47. The van der Waals surface area contributed by atoms with Crippen LogP contribution < -0.4 is 14.9 Å². The summed E-state index contributed by atoms with van der Waals surface area (Å²) in [4.78, 5) is 13.1. The van der Waals surface area contributed by atoms with Crippen LogP contribution in [0.2, 0.25) is 0 Å². The van der Waals surface area contributed by atoms with Crippen molar-refractivity contribution in [3.8, 4) is 22.6 Å². The normalized spacial score (nSPS) is 14.2. The van der Waals surface area contributed by atoms with Crippen LogP contribution in [0, 0.1) is 32.4 Å². The van der Waals surface area contributed by atoms with Gasteiger partial charge in [0.15, 0.2) is 0 Å². The van der Waals surface area contributed by atoms with Gasteiger partial charge < -0.3 is 29.8 Å². The molecule has 3 aromatic carbocycles. The number of nitrogens with zero attached hydrogens (tertiary/aromatic N) is 7. The molecule has 233 valence electrons. The number of aromatic nitrogens is 3. The molecular weight excluding hydrogens is 735 g/mol. The van der Waals surface area contributed by atoms with Crippen LogP contribution in [-0.2, 0) is 25.5 Å². The first-order valence-corrected chi connectivity index (χ1v) is 14.6. The molecule has 8 heteroatoms. The molecule has 0 aliphatic carbocycles. The van der Waals surface area contributed by atoms with Gasteiger partial charge in [0, 0.05) is 31.5 Å². The Hall–Kier alpha value is -4.39. The molecule has 0 unspecified atom stereocenters. The van der Waals surface area contributed by atoms with E-state index < -0.39 is 0 Å². The van der Waals surface area contributed by atoms with Crippen molar-refractivity contribution in [1.29, 1.82) is 0 Å². The van der Waals surface area contributed by atoms with E-state index in [1.54, 1.807) is 0 Å². The van der Waals surface area contributed by atoms with Gasteiger partial charge in [-0.3, -0.25) is 4.98 Å². The largest absolute Gasteiger partial charge is 0.574 e. The first-order chi connectivity index (χ1) is 21.1. The van der Waals surface area contributed by atoms with Crippen LogP contribution in [0.4, 0.5) is 11.4 Å². The molecule has 4 heterocycles. The van der Waals surface area contributed by atoms with Gasteiger partial charge in [0.1, 0.15) is 0 Å². The Labute approximate surface area is 280 Å². The van der Waals surface area contributed by atoms with Gasteiger partial charge in [-0.2, -0.15) is 13.3 Å². The van der Waals surface area contributed by atoms with Crippen LogP contribution in [0.15, 0.2) is 97.6 Å². The molecule has 0 amide bonds. The molecule has 0 fully saturated rings. The zero-order valence-electron chi connectivity index (χ0n) is 26.4. The van der Waals surface area contributed by atoms with Gasteiger partial charge in [0.05, 0.1) is 0 Å². The van der Waals surface area contributed by atoms with Gasteiger partial charge >= 0.3 is 0 Å². The SMILES string of the molecule is CN1C=CN(c2[c-]c(N3C=CN(C)[CH-]3)cc(C(C)(C)C)c2)[CH-]1.Cc1cc(-c2cc3ccccc3c(-c3[c-]cccc3)n2)[n-]n1.[Ir]. The summed E-state index contributed by atoms with van der Waals surface area (Å²) >= 11 is 0. The minimum atomic E-state index is 0. The number of hydrogen-bond donors (Lipinski definition) is 0. The molecule has 7 rings (SSSR count). The smallest absolute Gasteiger partial charge is 0.0393 e. The molecule has 2 aliphatic heterocycles. The van der Waals surface area contributed by atoms with E-state index in [-0.39, 0.29) is 25.5 Å². The van der Waals surface area contributed by atoms with E-state index in [4.69, 9.17) is 4.98 Å². The molecule has 0 atom stereocenters. The number of rotatable bonds is 4. The van der Waals surface area contributed by atoms with Gasteiger partial charge in [-0.05, 0) is 73.8 Å². The molecule has 2 aromatic heterocycles. The van der Waals surface area contributed by atoms with Crippen LogP contribution >= 0.6 is 0 Å². The number of fused-ring (bicyclic) bond motifs is 1. The number of hydrogen-bond acceptors (Lipinski definition) is 6. The molecule has 5 aromatic rings. The molecule has 0 bridgehead atoms. The van der Waals surface area contributed by atoms with Crippen molar-refractivity contribution in [1.82, 2.24) is 25.0 Å². The third kappa shape index (κ3) is 7.30. The molecule has 2 aliphatic rings. The van der Waals surface area contributed by atoms with Crippen molar-refractivity contribution in [2.45, 2.75) is 33.1 Å².